The smallest absolute Gasteiger partial charge is 0.165 e. The largest absolute Gasteiger partial charge is 0.269 e. The van der Waals surface area contributed by atoms with Crippen LogP contribution in [0.5, 0.6) is 0 Å². The Labute approximate surface area is 102 Å². The van der Waals surface area contributed by atoms with Crippen LogP contribution in [-0.4, -0.2) is 24.6 Å². The summed E-state index contributed by atoms with van der Waals surface area (Å²) < 4.78 is 1.82. The number of aromatic nitrogens is 5. The fourth-order valence-corrected chi connectivity index (χ4v) is 1.77. The number of hydrogen-bond donors (Lipinski definition) is 0. The Hall–Kier alpha value is -2.01. The molecular weight excluding hydrogens is 238 g/mol. The highest BCUT2D eigenvalue weighted by molar-refractivity contribution is 6.29. The third kappa shape index (κ3) is 1.97. The van der Waals surface area contributed by atoms with Crippen molar-refractivity contribution < 1.29 is 0 Å². The Morgan fingerprint density at radius 2 is 2.24 bits per heavy atom. The van der Waals surface area contributed by atoms with Crippen molar-refractivity contribution in [2.24, 2.45) is 0 Å². The van der Waals surface area contributed by atoms with E-state index in [4.69, 9.17) is 11.6 Å². The van der Waals surface area contributed by atoms with E-state index >= 15 is 0 Å². The molecular formula is C11H8ClN5. The molecule has 6 heteroatoms. The lowest BCUT2D eigenvalue weighted by Crippen LogP contribution is -1.97. The van der Waals surface area contributed by atoms with Crippen molar-refractivity contribution in [2.75, 3.05) is 0 Å². The van der Waals surface area contributed by atoms with Gasteiger partial charge in [-0.1, -0.05) is 17.7 Å². The summed E-state index contributed by atoms with van der Waals surface area (Å²) in [6.45, 7) is 0. The van der Waals surface area contributed by atoms with E-state index in [0.29, 0.717) is 17.2 Å². The lowest BCUT2D eigenvalue weighted by molar-refractivity contribution is 0.915. The van der Waals surface area contributed by atoms with Crippen molar-refractivity contribution >= 4 is 17.2 Å². The number of halogens is 1. The number of hydrogen-bond acceptors (Lipinski definition) is 4. The number of fused-ring (bicyclic) bond motifs is 1. The molecule has 84 valence electrons. The molecule has 0 aromatic carbocycles. The van der Waals surface area contributed by atoms with Gasteiger partial charge in [-0.25, -0.2) is 4.98 Å². The second kappa shape index (κ2) is 4.10. The number of nitrogens with zero attached hydrogens (tertiary/aromatic N) is 5. The molecule has 0 bridgehead atoms. The van der Waals surface area contributed by atoms with Crippen LogP contribution in [0.15, 0.2) is 36.9 Å². The standard InChI is InChI=1S/C11H8ClN5/c12-9-5-11-16-15-10(17(11)7-14-9)4-8-2-1-3-13-6-8/h1-3,5-7H,4H2. The monoisotopic (exact) mass is 245 g/mol. The lowest BCUT2D eigenvalue weighted by Gasteiger charge is -1.99. The van der Waals surface area contributed by atoms with Crippen LogP contribution < -0.4 is 0 Å². The van der Waals surface area contributed by atoms with E-state index in [0.717, 1.165) is 11.4 Å². The Morgan fingerprint density at radius 1 is 1.29 bits per heavy atom. The molecule has 0 atom stereocenters. The van der Waals surface area contributed by atoms with Crippen molar-refractivity contribution in [1.29, 1.82) is 0 Å². The van der Waals surface area contributed by atoms with Crippen LogP contribution in [0.1, 0.15) is 11.4 Å². The first-order valence-corrected chi connectivity index (χ1v) is 5.45. The number of rotatable bonds is 2. The maximum atomic E-state index is 5.79. The normalized spacial score (nSPS) is 10.9. The molecule has 3 aromatic rings. The van der Waals surface area contributed by atoms with Crippen LogP contribution in [0, 0.1) is 0 Å². The minimum atomic E-state index is 0.415. The van der Waals surface area contributed by atoms with Crippen LogP contribution in [0.2, 0.25) is 5.15 Å². The molecule has 0 N–H and O–H groups in total. The Bertz CT molecular complexity index is 649. The molecule has 0 saturated heterocycles. The van der Waals surface area contributed by atoms with Gasteiger partial charge < -0.3 is 0 Å². The fourth-order valence-electron chi connectivity index (χ4n) is 1.62. The molecule has 0 amide bonds. The van der Waals surface area contributed by atoms with E-state index < -0.39 is 0 Å². The summed E-state index contributed by atoms with van der Waals surface area (Å²) in [5.74, 6) is 0.817. The predicted molar refractivity (Wildman–Crippen MR) is 62.8 cm³/mol. The van der Waals surface area contributed by atoms with Gasteiger partial charge >= 0.3 is 0 Å². The van der Waals surface area contributed by atoms with Crippen molar-refractivity contribution in [3.8, 4) is 0 Å². The highest BCUT2D eigenvalue weighted by Gasteiger charge is 2.07. The van der Waals surface area contributed by atoms with Crippen molar-refractivity contribution in [3.05, 3.63) is 53.5 Å². The molecule has 3 heterocycles. The summed E-state index contributed by atoms with van der Waals surface area (Å²) in [5, 5.41) is 8.58. The van der Waals surface area contributed by atoms with E-state index in [1.165, 1.54) is 0 Å². The number of pyridine rings is 1. The summed E-state index contributed by atoms with van der Waals surface area (Å²) in [4.78, 5) is 8.08. The van der Waals surface area contributed by atoms with Gasteiger partial charge in [-0.05, 0) is 11.6 Å². The van der Waals surface area contributed by atoms with E-state index in [-0.39, 0.29) is 0 Å². The summed E-state index contributed by atoms with van der Waals surface area (Å²) in [5.41, 5.74) is 1.78. The zero-order valence-corrected chi connectivity index (χ0v) is 9.54. The van der Waals surface area contributed by atoms with Gasteiger partial charge in [-0.3, -0.25) is 9.38 Å². The zero-order chi connectivity index (χ0) is 11.7. The Kier molecular flexibility index (Phi) is 2.45. The molecule has 0 radical (unpaired) electrons. The minimum Gasteiger partial charge on any atom is -0.269 e. The average Bonchev–Trinajstić information content (AvgIpc) is 2.73. The van der Waals surface area contributed by atoms with Crippen molar-refractivity contribution in [3.63, 3.8) is 0 Å². The van der Waals surface area contributed by atoms with Crippen LogP contribution in [0.3, 0.4) is 0 Å². The van der Waals surface area contributed by atoms with Gasteiger partial charge in [0.15, 0.2) is 5.65 Å². The quantitative estimate of drug-likeness (QED) is 0.646. The molecule has 3 aromatic heterocycles. The maximum absolute atomic E-state index is 5.79. The van der Waals surface area contributed by atoms with E-state index in [1.54, 1.807) is 18.6 Å². The van der Waals surface area contributed by atoms with Gasteiger partial charge in [0.2, 0.25) is 0 Å². The SMILES string of the molecule is Clc1cc2nnc(Cc3cccnc3)n2cn1. The fraction of sp³-hybridized carbons (Fsp3) is 0.0909. The molecule has 0 aliphatic rings. The molecule has 0 aliphatic carbocycles. The Balaban J connectivity index is 2.01. The first-order chi connectivity index (χ1) is 8.33. The second-order valence-corrected chi connectivity index (χ2v) is 3.98. The lowest BCUT2D eigenvalue weighted by atomic mass is 10.2. The highest BCUT2D eigenvalue weighted by atomic mass is 35.5. The highest BCUT2D eigenvalue weighted by Crippen LogP contribution is 2.11. The predicted octanol–water partition coefficient (Wildman–Crippen LogP) is 1.76. The average molecular weight is 246 g/mol. The molecule has 0 aliphatic heterocycles. The van der Waals surface area contributed by atoms with E-state index in [9.17, 15) is 0 Å². The van der Waals surface area contributed by atoms with Gasteiger partial charge in [-0.2, -0.15) is 0 Å². The van der Waals surface area contributed by atoms with E-state index in [2.05, 4.69) is 20.2 Å². The zero-order valence-electron chi connectivity index (χ0n) is 8.79. The molecule has 0 saturated carbocycles. The van der Waals surface area contributed by atoms with Gasteiger partial charge in [0, 0.05) is 24.9 Å². The summed E-state index contributed by atoms with van der Waals surface area (Å²) in [7, 11) is 0. The first kappa shape index (κ1) is 10.2. The molecule has 0 spiro atoms. The molecule has 0 unspecified atom stereocenters. The van der Waals surface area contributed by atoms with E-state index in [1.807, 2.05) is 22.7 Å². The van der Waals surface area contributed by atoms with Gasteiger partial charge in [0.25, 0.3) is 0 Å². The maximum Gasteiger partial charge on any atom is 0.165 e. The Morgan fingerprint density at radius 3 is 3.06 bits per heavy atom. The third-order valence-electron chi connectivity index (χ3n) is 2.42. The molecule has 5 nitrogen and oxygen atoms in total. The first-order valence-electron chi connectivity index (χ1n) is 5.07. The van der Waals surface area contributed by atoms with Crippen LogP contribution in [0.4, 0.5) is 0 Å². The van der Waals surface area contributed by atoms with Crippen molar-refractivity contribution in [2.45, 2.75) is 6.42 Å². The van der Waals surface area contributed by atoms with Gasteiger partial charge in [0.1, 0.15) is 17.3 Å². The van der Waals surface area contributed by atoms with Crippen LogP contribution in [0.25, 0.3) is 5.65 Å². The van der Waals surface area contributed by atoms with Crippen LogP contribution in [-0.2, 0) is 6.42 Å². The second-order valence-electron chi connectivity index (χ2n) is 3.59. The van der Waals surface area contributed by atoms with Crippen molar-refractivity contribution in [1.82, 2.24) is 24.6 Å². The summed E-state index contributed by atoms with van der Waals surface area (Å²) in [6.07, 6.45) is 5.85. The minimum absolute atomic E-state index is 0.415. The van der Waals surface area contributed by atoms with Gasteiger partial charge in [-0.15, -0.1) is 10.2 Å². The summed E-state index contributed by atoms with van der Waals surface area (Å²) in [6, 6.07) is 5.58. The topological polar surface area (TPSA) is 56.0 Å². The molecule has 0 fully saturated rings. The third-order valence-corrected chi connectivity index (χ3v) is 2.63. The molecule has 17 heavy (non-hydrogen) atoms. The summed E-state index contributed by atoms with van der Waals surface area (Å²) >= 11 is 5.79. The van der Waals surface area contributed by atoms with Crippen LogP contribution >= 0.6 is 11.6 Å². The molecule has 3 rings (SSSR count). The van der Waals surface area contributed by atoms with Gasteiger partial charge in [0.05, 0.1) is 0 Å².